The van der Waals surface area contributed by atoms with Crippen LogP contribution in [0.1, 0.15) is 32.1 Å². The Kier molecular flexibility index (Phi) is 4.19. The molecule has 0 atom stereocenters. The lowest BCUT2D eigenvalue weighted by molar-refractivity contribution is -0.122. The minimum Gasteiger partial charge on any atom is -0.411 e. The van der Waals surface area contributed by atoms with Crippen molar-refractivity contribution in [1.82, 2.24) is 20.5 Å². The molecule has 2 heterocycles. The molecule has 6 rings (SSSR count). The summed E-state index contributed by atoms with van der Waals surface area (Å²) in [6, 6.07) is 4.02. The van der Waals surface area contributed by atoms with E-state index in [1.54, 1.807) is 12.4 Å². The Morgan fingerprint density at radius 2 is 1.77 bits per heavy atom. The largest absolute Gasteiger partial charge is 0.411 e. The minimum absolute atomic E-state index is 0.0798. The molecule has 0 aromatic carbocycles. The second-order valence-electron chi connectivity index (χ2n) is 7.92. The van der Waals surface area contributed by atoms with Gasteiger partial charge in [-0.05, 0) is 67.9 Å². The van der Waals surface area contributed by atoms with Gasteiger partial charge in [-0.2, -0.15) is 0 Å². The van der Waals surface area contributed by atoms with Gasteiger partial charge >= 0.3 is 0 Å². The molecule has 7 heteroatoms. The van der Waals surface area contributed by atoms with E-state index < -0.39 is 0 Å². The van der Waals surface area contributed by atoms with E-state index >= 15 is 0 Å². The monoisotopic (exact) mass is 370 g/mol. The zero-order valence-electron chi connectivity index (χ0n) is 14.5. The van der Waals surface area contributed by atoms with Crippen LogP contribution < -0.4 is 5.32 Å². The molecule has 4 aliphatic carbocycles. The van der Waals surface area contributed by atoms with E-state index in [1.807, 2.05) is 12.1 Å². The predicted molar refractivity (Wildman–Crippen MR) is 97.2 cm³/mol. The number of carbonyl (C=O) groups is 1. The average Bonchev–Trinajstić information content (AvgIpc) is 3.12. The van der Waals surface area contributed by atoms with Gasteiger partial charge in [-0.1, -0.05) is 11.8 Å². The zero-order valence-corrected chi connectivity index (χ0v) is 15.3. The van der Waals surface area contributed by atoms with Crippen molar-refractivity contribution < 1.29 is 9.21 Å². The highest BCUT2D eigenvalue weighted by atomic mass is 32.2. The average molecular weight is 370 g/mol. The Balaban J connectivity index is 1.16. The Bertz CT molecular complexity index is 766. The van der Waals surface area contributed by atoms with Crippen molar-refractivity contribution in [3.05, 3.63) is 24.5 Å². The zero-order chi connectivity index (χ0) is 17.5. The molecule has 0 saturated heterocycles. The fourth-order valence-corrected chi connectivity index (χ4v) is 5.97. The van der Waals surface area contributed by atoms with Crippen LogP contribution in [0.2, 0.25) is 0 Å². The molecule has 1 N–H and O–H groups in total. The quantitative estimate of drug-likeness (QED) is 0.814. The maximum atomic E-state index is 12.5. The third-order valence-electron chi connectivity index (χ3n) is 6.21. The van der Waals surface area contributed by atoms with Gasteiger partial charge in [0.25, 0.3) is 5.22 Å². The van der Waals surface area contributed by atoms with Crippen molar-refractivity contribution in [3.8, 4) is 11.5 Å². The van der Waals surface area contributed by atoms with Crippen molar-refractivity contribution in [2.75, 3.05) is 5.75 Å². The van der Waals surface area contributed by atoms with Crippen molar-refractivity contribution in [3.63, 3.8) is 0 Å². The molecule has 26 heavy (non-hydrogen) atoms. The van der Waals surface area contributed by atoms with E-state index in [0.29, 0.717) is 34.7 Å². The SMILES string of the molecule is O=C(CSc1nnc(-c2ccncc2)o1)NC1C2CC3CC(C2)CC1C3. The number of nitrogens with zero attached hydrogens (tertiary/aromatic N) is 3. The Labute approximate surface area is 156 Å². The Hall–Kier alpha value is -1.89. The number of rotatable bonds is 5. The van der Waals surface area contributed by atoms with Crippen LogP contribution in [-0.2, 0) is 4.79 Å². The number of nitrogens with one attached hydrogen (secondary N) is 1. The summed E-state index contributed by atoms with van der Waals surface area (Å²) in [5.41, 5.74) is 0.831. The highest BCUT2D eigenvalue weighted by molar-refractivity contribution is 7.99. The van der Waals surface area contributed by atoms with E-state index in [-0.39, 0.29) is 5.91 Å². The number of hydrogen-bond donors (Lipinski definition) is 1. The molecule has 0 aliphatic heterocycles. The molecular weight excluding hydrogens is 348 g/mol. The predicted octanol–water partition coefficient (Wildman–Crippen LogP) is 3.16. The molecule has 4 fully saturated rings. The van der Waals surface area contributed by atoms with Crippen LogP contribution in [0, 0.1) is 23.7 Å². The summed E-state index contributed by atoms with van der Waals surface area (Å²) in [5, 5.41) is 11.8. The first-order valence-electron chi connectivity index (χ1n) is 9.40. The molecule has 0 unspecified atom stereocenters. The lowest BCUT2D eigenvalue weighted by Crippen LogP contribution is -2.56. The van der Waals surface area contributed by atoms with Gasteiger partial charge in [0.05, 0.1) is 5.75 Å². The van der Waals surface area contributed by atoms with E-state index in [9.17, 15) is 4.79 Å². The fraction of sp³-hybridized carbons (Fsp3) is 0.579. The molecule has 2 aromatic rings. The number of aromatic nitrogens is 3. The van der Waals surface area contributed by atoms with Crippen LogP contribution in [-0.4, -0.2) is 32.9 Å². The summed E-state index contributed by atoms with van der Waals surface area (Å²) in [4.78, 5) is 16.4. The van der Waals surface area contributed by atoms with Crippen LogP contribution in [0.25, 0.3) is 11.5 Å². The summed E-state index contributed by atoms with van der Waals surface area (Å²) in [5.74, 6) is 4.09. The van der Waals surface area contributed by atoms with E-state index in [0.717, 1.165) is 17.4 Å². The number of carbonyl (C=O) groups excluding carboxylic acids is 1. The normalized spacial score (nSPS) is 31.9. The summed E-state index contributed by atoms with van der Waals surface area (Å²) in [7, 11) is 0. The molecule has 0 radical (unpaired) electrons. The van der Waals surface area contributed by atoms with Crippen LogP contribution in [0.15, 0.2) is 34.2 Å². The second-order valence-corrected chi connectivity index (χ2v) is 8.85. The summed E-state index contributed by atoms with van der Waals surface area (Å²) >= 11 is 1.30. The third kappa shape index (κ3) is 3.13. The van der Waals surface area contributed by atoms with Gasteiger partial charge in [0.15, 0.2) is 0 Å². The lowest BCUT2D eigenvalue weighted by atomic mass is 9.54. The van der Waals surface area contributed by atoms with Crippen molar-refractivity contribution in [2.45, 2.75) is 43.4 Å². The first kappa shape index (κ1) is 16.3. The molecule has 136 valence electrons. The highest BCUT2D eigenvalue weighted by Crippen LogP contribution is 2.53. The number of pyridine rings is 1. The Morgan fingerprint density at radius 1 is 1.08 bits per heavy atom. The van der Waals surface area contributed by atoms with Gasteiger partial charge in [-0.25, -0.2) is 0 Å². The van der Waals surface area contributed by atoms with Gasteiger partial charge in [0.2, 0.25) is 11.8 Å². The van der Waals surface area contributed by atoms with Crippen LogP contribution in [0.4, 0.5) is 0 Å². The molecule has 1 amide bonds. The van der Waals surface area contributed by atoms with Gasteiger partial charge < -0.3 is 9.73 Å². The van der Waals surface area contributed by atoms with Crippen molar-refractivity contribution >= 4 is 17.7 Å². The number of amides is 1. The molecular formula is C19H22N4O2S. The van der Waals surface area contributed by atoms with Crippen LogP contribution >= 0.6 is 11.8 Å². The standard InChI is InChI=1S/C19H22N4O2S/c24-16(21-17-14-6-11-5-12(8-14)9-15(17)7-11)10-26-19-23-22-18(25-19)13-1-3-20-4-2-13/h1-4,11-12,14-15,17H,5-10H2,(H,21,24). The van der Waals surface area contributed by atoms with E-state index in [4.69, 9.17) is 4.42 Å². The molecule has 0 spiro atoms. The maximum Gasteiger partial charge on any atom is 0.277 e. The second kappa shape index (κ2) is 6.68. The lowest BCUT2D eigenvalue weighted by Gasteiger charge is -2.54. The minimum atomic E-state index is 0.0798. The summed E-state index contributed by atoms with van der Waals surface area (Å²) in [6.07, 6.45) is 10.0. The first-order chi connectivity index (χ1) is 12.7. The fourth-order valence-electron chi connectivity index (χ4n) is 5.39. The van der Waals surface area contributed by atoms with E-state index in [1.165, 1.54) is 43.9 Å². The molecule has 4 saturated carbocycles. The maximum absolute atomic E-state index is 12.5. The van der Waals surface area contributed by atoms with E-state index in [2.05, 4.69) is 20.5 Å². The molecule has 6 nitrogen and oxygen atoms in total. The molecule has 4 bridgehead atoms. The molecule has 2 aromatic heterocycles. The smallest absolute Gasteiger partial charge is 0.277 e. The van der Waals surface area contributed by atoms with Crippen molar-refractivity contribution in [1.29, 1.82) is 0 Å². The number of thioether (sulfide) groups is 1. The van der Waals surface area contributed by atoms with Gasteiger partial charge in [0, 0.05) is 24.0 Å². The van der Waals surface area contributed by atoms with Gasteiger partial charge in [-0.3, -0.25) is 9.78 Å². The highest BCUT2D eigenvalue weighted by Gasteiger charge is 2.48. The van der Waals surface area contributed by atoms with Gasteiger partial charge in [0.1, 0.15) is 0 Å². The number of hydrogen-bond acceptors (Lipinski definition) is 6. The molecule has 4 aliphatic rings. The van der Waals surface area contributed by atoms with Crippen LogP contribution in [0.3, 0.4) is 0 Å². The van der Waals surface area contributed by atoms with Gasteiger partial charge in [-0.15, -0.1) is 10.2 Å². The topological polar surface area (TPSA) is 80.9 Å². The summed E-state index contributed by atoms with van der Waals surface area (Å²) < 4.78 is 5.64. The summed E-state index contributed by atoms with van der Waals surface area (Å²) in [6.45, 7) is 0. The Morgan fingerprint density at radius 3 is 2.46 bits per heavy atom. The van der Waals surface area contributed by atoms with Crippen LogP contribution in [0.5, 0.6) is 0 Å². The first-order valence-corrected chi connectivity index (χ1v) is 10.4. The third-order valence-corrected chi connectivity index (χ3v) is 7.03. The van der Waals surface area contributed by atoms with Crippen molar-refractivity contribution in [2.24, 2.45) is 23.7 Å².